The molecule has 3 aromatic rings. The molecule has 0 unspecified atom stereocenters. The fourth-order valence-electron chi connectivity index (χ4n) is 3.18. The molecule has 130 valence electrons. The second kappa shape index (κ2) is 7.06. The molecule has 1 fully saturated rings. The molecule has 1 N–H and O–H groups in total. The number of aryl methyl sites for hydroxylation is 1. The SMILES string of the molecule is Cc1nc2ccccc2n1CCNc1cc(N2CCOCC2)ncn1. The van der Waals surface area contributed by atoms with Gasteiger partial charge in [0.1, 0.15) is 23.8 Å². The van der Waals surface area contributed by atoms with Crippen LogP contribution in [0.15, 0.2) is 36.7 Å². The van der Waals surface area contributed by atoms with Crippen molar-refractivity contribution in [1.29, 1.82) is 0 Å². The molecule has 1 aliphatic heterocycles. The lowest BCUT2D eigenvalue weighted by Crippen LogP contribution is -2.36. The van der Waals surface area contributed by atoms with Gasteiger partial charge < -0.3 is 19.5 Å². The molecule has 1 aromatic carbocycles. The zero-order valence-electron chi connectivity index (χ0n) is 14.4. The number of nitrogens with one attached hydrogen (secondary N) is 1. The summed E-state index contributed by atoms with van der Waals surface area (Å²) in [5.74, 6) is 2.82. The van der Waals surface area contributed by atoms with Gasteiger partial charge in [0.2, 0.25) is 0 Å². The number of fused-ring (bicyclic) bond motifs is 1. The van der Waals surface area contributed by atoms with Crippen molar-refractivity contribution in [1.82, 2.24) is 19.5 Å². The Kier molecular flexibility index (Phi) is 4.47. The normalized spacial score (nSPS) is 14.8. The summed E-state index contributed by atoms with van der Waals surface area (Å²) in [4.78, 5) is 15.5. The van der Waals surface area contributed by atoms with Crippen molar-refractivity contribution in [2.45, 2.75) is 13.5 Å². The molecule has 7 heteroatoms. The Bertz CT molecular complexity index is 856. The van der Waals surface area contributed by atoms with Gasteiger partial charge in [-0.2, -0.15) is 0 Å². The molecule has 0 aliphatic carbocycles. The van der Waals surface area contributed by atoms with Crippen LogP contribution in [0.3, 0.4) is 0 Å². The first-order valence-electron chi connectivity index (χ1n) is 8.62. The molecule has 4 rings (SSSR count). The van der Waals surface area contributed by atoms with Crippen LogP contribution in [0.2, 0.25) is 0 Å². The number of hydrogen-bond donors (Lipinski definition) is 1. The van der Waals surface area contributed by atoms with E-state index >= 15 is 0 Å². The molecule has 0 radical (unpaired) electrons. The lowest BCUT2D eigenvalue weighted by Gasteiger charge is -2.27. The van der Waals surface area contributed by atoms with Crippen molar-refractivity contribution < 1.29 is 4.74 Å². The molecule has 0 saturated carbocycles. The molecule has 0 spiro atoms. The molecule has 25 heavy (non-hydrogen) atoms. The van der Waals surface area contributed by atoms with Gasteiger partial charge in [-0.3, -0.25) is 0 Å². The Morgan fingerprint density at radius 2 is 2.00 bits per heavy atom. The van der Waals surface area contributed by atoms with Gasteiger partial charge in [0, 0.05) is 32.2 Å². The number of hydrogen-bond acceptors (Lipinski definition) is 6. The minimum absolute atomic E-state index is 0.750. The van der Waals surface area contributed by atoms with Gasteiger partial charge in [-0.05, 0) is 19.1 Å². The molecule has 2 aromatic heterocycles. The van der Waals surface area contributed by atoms with Crippen LogP contribution in [0.4, 0.5) is 11.6 Å². The topological polar surface area (TPSA) is 68.1 Å². The van der Waals surface area contributed by atoms with E-state index in [1.807, 2.05) is 31.2 Å². The highest BCUT2D eigenvalue weighted by molar-refractivity contribution is 5.75. The van der Waals surface area contributed by atoms with Gasteiger partial charge in [-0.1, -0.05) is 12.1 Å². The fourth-order valence-corrected chi connectivity index (χ4v) is 3.18. The summed E-state index contributed by atoms with van der Waals surface area (Å²) in [6.07, 6.45) is 1.62. The monoisotopic (exact) mass is 338 g/mol. The van der Waals surface area contributed by atoms with Crippen LogP contribution >= 0.6 is 0 Å². The summed E-state index contributed by atoms with van der Waals surface area (Å²) < 4.78 is 7.62. The van der Waals surface area contributed by atoms with Crippen LogP contribution in [0.1, 0.15) is 5.82 Å². The molecule has 0 amide bonds. The number of imidazole rings is 1. The minimum Gasteiger partial charge on any atom is -0.378 e. The number of benzene rings is 1. The van der Waals surface area contributed by atoms with Crippen molar-refractivity contribution >= 4 is 22.7 Å². The van der Waals surface area contributed by atoms with Gasteiger partial charge >= 0.3 is 0 Å². The maximum absolute atomic E-state index is 5.39. The molecule has 7 nitrogen and oxygen atoms in total. The van der Waals surface area contributed by atoms with E-state index in [2.05, 4.69) is 35.8 Å². The van der Waals surface area contributed by atoms with E-state index < -0.39 is 0 Å². The van der Waals surface area contributed by atoms with Crippen molar-refractivity contribution in [3.05, 3.63) is 42.5 Å². The zero-order valence-corrected chi connectivity index (χ0v) is 14.4. The van der Waals surface area contributed by atoms with Crippen molar-refractivity contribution in [2.24, 2.45) is 0 Å². The van der Waals surface area contributed by atoms with E-state index in [0.29, 0.717) is 0 Å². The number of ether oxygens (including phenoxy) is 1. The van der Waals surface area contributed by atoms with E-state index in [1.165, 1.54) is 5.52 Å². The zero-order chi connectivity index (χ0) is 17.1. The number of nitrogens with zero attached hydrogens (tertiary/aromatic N) is 5. The van der Waals surface area contributed by atoms with E-state index in [-0.39, 0.29) is 0 Å². The van der Waals surface area contributed by atoms with Gasteiger partial charge in [-0.25, -0.2) is 15.0 Å². The van der Waals surface area contributed by atoms with Crippen LogP contribution in [0.25, 0.3) is 11.0 Å². The Morgan fingerprint density at radius 1 is 1.16 bits per heavy atom. The highest BCUT2D eigenvalue weighted by Crippen LogP contribution is 2.17. The first kappa shape index (κ1) is 15.8. The van der Waals surface area contributed by atoms with Crippen LogP contribution in [-0.2, 0) is 11.3 Å². The van der Waals surface area contributed by atoms with Crippen LogP contribution in [0.5, 0.6) is 0 Å². The number of morpholine rings is 1. The molecule has 0 atom stereocenters. The third kappa shape index (κ3) is 3.41. The first-order chi connectivity index (χ1) is 12.3. The number of anilines is 2. The number of aromatic nitrogens is 4. The second-order valence-corrected chi connectivity index (χ2v) is 6.09. The summed E-state index contributed by atoms with van der Waals surface area (Å²) in [5, 5.41) is 3.40. The maximum atomic E-state index is 5.39. The van der Waals surface area contributed by atoms with Gasteiger partial charge in [0.15, 0.2) is 0 Å². The Balaban J connectivity index is 1.42. The summed E-state index contributed by atoms with van der Waals surface area (Å²) in [6, 6.07) is 10.2. The van der Waals surface area contributed by atoms with Crippen molar-refractivity contribution in [3.8, 4) is 0 Å². The van der Waals surface area contributed by atoms with E-state index in [1.54, 1.807) is 6.33 Å². The van der Waals surface area contributed by atoms with Crippen molar-refractivity contribution in [3.63, 3.8) is 0 Å². The summed E-state index contributed by atoms with van der Waals surface area (Å²) in [7, 11) is 0. The van der Waals surface area contributed by atoms with Gasteiger partial charge in [0.25, 0.3) is 0 Å². The third-order valence-corrected chi connectivity index (χ3v) is 4.47. The highest BCUT2D eigenvalue weighted by atomic mass is 16.5. The summed E-state index contributed by atoms with van der Waals surface area (Å²) in [5.41, 5.74) is 2.20. The third-order valence-electron chi connectivity index (χ3n) is 4.47. The highest BCUT2D eigenvalue weighted by Gasteiger charge is 2.13. The molecular formula is C18H22N6O. The van der Waals surface area contributed by atoms with Crippen molar-refractivity contribution in [2.75, 3.05) is 43.1 Å². The standard InChI is InChI=1S/C18H22N6O/c1-14-22-15-4-2-3-5-16(15)24(14)7-6-19-17-12-18(21-13-20-17)23-8-10-25-11-9-23/h2-5,12-13H,6-11H2,1H3,(H,19,20,21). The van der Waals surface area contributed by atoms with E-state index in [9.17, 15) is 0 Å². The smallest absolute Gasteiger partial charge is 0.134 e. The predicted molar refractivity (Wildman–Crippen MR) is 98.0 cm³/mol. The quantitative estimate of drug-likeness (QED) is 0.768. The lowest BCUT2D eigenvalue weighted by molar-refractivity contribution is 0.122. The first-order valence-corrected chi connectivity index (χ1v) is 8.62. The number of para-hydroxylation sites is 2. The van der Waals surface area contributed by atoms with Gasteiger partial charge in [-0.15, -0.1) is 0 Å². The lowest BCUT2D eigenvalue weighted by atomic mass is 10.3. The van der Waals surface area contributed by atoms with E-state index in [4.69, 9.17) is 4.74 Å². The average Bonchev–Trinajstić information content (AvgIpc) is 2.98. The van der Waals surface area contributed by atoms with Crippen LogP contribution < -0.4 is 10.2 Å². The molecule has 0 bridgehead atoms. The largest absolute Gasteiger partial charge is 0.378 e. The Morgan fingerprint density at radius 3 is 2.88 bits per heavy atom. The van der Waals surface area contributed by atoms with Gasteiger partial charge in [0.05, 0.1) is 24.2 Å². The Labute approximate surface area is 146 Å². The molecule has 3 heterocycles. The minimum atomic E-state index is 0.750. The second-order valence-electron chi connectivity index (χ2n) is 6.09. The molecule has 1 saturated heterocycles. The molecule has 1 aliphatic rings. The van der Waals surface area contributed by atoms with E-state index in [0.717, 1.165) is 62.4 Å². The fraction of sp³-hybridized carbons (Fsp3) is 0.389. The number of rotatable bonds is 5. The average molecular weight is 338 g/mol. The maximum Gasteiger partial charge on any atom is 0.134 e. The van der Waals surface area contributed by atoms with Crippen LogP contribution in [0, 0.1) is 6.92 Å². The molecular weight excluding hydrogens is 316 g/mol. The summed E-state index contributed by atoms with van der Waals surface area (Å²) in [6.45, 7) is 6.90. The Hall–Kier alpha value is -2.67. The predicted octanol–water partition coefficient (Wildman–Crippen LogP) is 2.08. The van der Waals surface area contributed by atoms with Crippen LogP contribution in [-0.4, -0.2) is 52.4 Å². The summed E-state index contributed by atoms with van der Waals surface area (Å²) >= 11 is 0.